The molecule has 0 fully saturated rings. The number of nitrogens with two attached hydrogens (primary N) is 1. The maximum Gasteiger partial charge on any atom is 0.124 e. The van der Waals surface area contributed by atoms with E-state index in [2.05, 4.69) is 18.7 Å². The van der Waals surface area contributed by atoms with E-state index in [1.807, 2.05) is 18.2 Å². The Balaban J connectivity index is 2.90. The second-order valence-corrected chi connectivity index (χ2v) is 4.42. The highest BCUT2D eigenvalue weighted by atomic mass is 35.5. The monoisotopic (exact) mass is 253 g/mol. The van der Waals surface area contributed by atoms with E-state index in [9.17, 15) is 0 Å². The van der Waals surface area contributed by atoms with E-state index in [0.29, 0.717) is 10.6 Å². The van der Waals surface area contributed by atoms with Crippen molar-refractivity contribution in [3.05, 3.63) is 28.8 Å². The van der Waals surface area contributed by atoms with Crippen LogP contribution in [0, 0.1) is 5.41 Å². The molecule has 0 aliphatic rings. The Morgan fingerprint density at radius 3 is 2.59 bits per heavy atom. The highest BCUT2D eigenvalue weighted by molar-refractivity contribution is 6.34. The van der Waals surface area contributed by atoms with Gasteiger partial charge in [-0.1, -0.05) is 24.9 Å². The molecule has 0 aliphatic carbocycles. The summed E-state index contributed by atoms with van der Waals surface area (Å²) in [6.07, 6.45) is 2.34. The van der Waals surface area contributed by atoms with Gasteiger partial charge in [0, 0.05) is 24.3 Å². The zero-order valence-corrected chi connectivity index (χ0v) is 11.2. The fraction of sp³-hybridized carbons (Fsp3) is 0.462. The van der Waals surface area contributed by atoms with Crippen LogP contribution in [0.15, 0.2) is 18.2 Å². The third kappa shape index (κ3) is 3.63. The minimum absolute atomic E-state index is 0.0122. The highest BCUT2D eigenvalue weighted by Gasteiger charge is 2.08. The van der Waals surface area contributed by atoms with E-state index < -0.39 is 0 Å². The molecule has 0 heterocycles. The van der Waals surface area contributed by atoms with Crippen LogP contribution in [0.1, 0.15) is 32.3 Å². The summed E-state index contributed by atoms with van der Waals surface area (Å²) < 4.78 is 0. The van der Waals surface area contributed by atoms with Crippen LogP contribution in [0.3, 0.4) is 0 Å². The van der Waals surface area contributed by atoms with Crippen LogP contribution in [-0.4, -0.2) is 18.9 Å². The molecule has 3 N–H and O–H groups in total. The Hall–Kier alpha value is -1.22. The lowest BCUT2D eigenvalue weighted by molar-refractivity contribution is 0.732. The molecule has 0 atom stereocenters. The van der Waals surface area contributed by atoms with Crippen molar-refractivity contribution < 1.29 is 0 Å². The molecule has 0 aromatic heterocycles. The van der Waals surface area contributed by atoms with E-state index in [1.165, 1.54) is 12.8 Å². The van der Waals surface area contributed by atoms with Crippen molar-refractivity contribution in [1.29, 1.82) is 5.41 Å². The molecule has 1 aromatic carbocycles. The number of unbranched alkanes of at least 4 members (excludes halogenated alkanes) is 1. The lowest BCUT2D eigenvalue weighted by Crippen LogP contribution is -2.24. The minimum Gasteiger partial charge on any atom is -0.384 e. The number of halogens is 1. The minimum atomic E-state index is 0.0122. The van der Waals surface area contributed by atoms with Gasteiger partial charge in [-0.2, -0.15) is 0 Å². The number of amidine groups is 1. The topological polar surface area (TPSA) is 53.1 Å². The summed E-state index contributed by atoms with van der Waals surface area (Å²) in [5.74, 6) is 0.0122. The summed E-state index contributed by atoms with van der Waals surface area (Å²) in [6, 6.07) is 5.67. The van der Waals surface area contributed by atoms with Gasteiger partial charge in [-0.3, -0.25) is 5.41 Å². The van der Waals surface area contributed by atoms with E-state index in [1.54, 1.807) is 0 Å². The first-order valence-electron chi connectivity index (χ1n) is 5.99. The second-order valence-electron chi connectivity index (χ2n) is 4.01. The van der Waals surface area contributed by atoms with Gasteiger partial charge in [-0.25, -0.2) is 0 Å². The largest absolute Gasteiger partial charge is 0.384 e. The highest BCUT2D eigenvalue weighted by Crippen LogP contribution is 2.23. The van der Waals surface area contributed by atoms with Gasteiger partial charge < -0.3 is 10.6 Å². The van der Waals surface area contributed by atoms with Crippen molar-refractivity contribution in [3.8, 4) is 0 Å². The molecule has 1 rings (SSSR count). The zero-order valence-electron chi connectivity index (χ0n) is 10.5. The van der Waals surface area contributed by atoms with Crippen LogP contribution in [0.5, 0.6) is 0 Å². The summed E-state index contributed by atoms with van der Waals surface area (Å²) in [6.45, 7) is 6.29. The van der Waals surface area contributed by atoms with Crippen molar-refractivity contribution in [2.45, 2.75) is 26.7 Å². The van der Waals surface area contributed by atoms with Crippen molar-refractivity contribution in [2.24, 2.45) is 5.73 Å². The van der Waals surface area contributed by atoms with Crippen LogP contribution >= 0.6 is 11.6 Å². The summed E-state index contributed by atoms with van der Waals surface area (Å²) >= 11 is 6.11. The first kappa shape index (κ1) is 13.8. The Kier molecular flexibility index (Phi) is 5.29. The van der Waals surface area contributed by atoms with Gasteiger partial charge in [0.15, 0.2) is 0 Å². The fourth-order valence-corrected chi connectivity index (χ4v) is 2.01. The molecule has 0 amide bonds. The number of anilines is 1. The third-order valence-electron chi connectivity index (χ3n) is 2.77. The Morgan fingerprint density at radius 1 is 1.41 bits per heavy atom. The molecule has 0 aliphatic heterocycles. The average molecular weight is 254 g/mol. The van der Waals surface area contributed by atoms with Gasteiger partial charge in [0.25, 0.3) is 0 Å². The molecule has 94 valence electrons. The fourth-order valence-electron chi connectivity index (χ4n) is 1.74. The molecule has 0 unspecified atom stereocenters. The molecule has 0 saturated carbocycles. The van der Waals surface area contributed by atoms with Crippen molar-refractivity contribution in [3.63, 3.8) is 0 Å². The predicted octanol–water partition coefficient (Wildman–Crippen LogP) is 3.25. The SMILES string of the molecule is CCCCN(CC)c1ccc(C(=N)N)c(Cl)c1. The summed E-state index contributed by atoms with van der Waals surface area (Å²) in [5.41, 5.74) is 7.13. The molecule has 3 nitrogen and oxygen atoms in total. The maximum atomic E-state index is 7.39. The van der Waals surface area contributed by atoms with E-state index in [-0.39, 0.29) is 5.84 Å². The van der Waals surface area contributed by atoms with Gasteiger partial charge in [0.2, 0.25) is 0 Å². The van der Waals surface area contributed by atoms with Gasteiger partial charge in [0.05, 0.1) is 5.02 Å². The molecule has 4 heteroatoms. The van der Waals surface area contributed by atoms with Crippen LogP contribution in [0.25, 0.3) is 0 Å². The van der Waals surface area contributed by atoms with Crippen LogP contribution in [0.2, 0.25) is 5.02 Å². The van der Waals surface area contributed by atoms with Crippen LogP contribution in [0.4, 0.5) is 5.69 Å². The van der Waals surface area contributed by atoms with Crippen LogP contribution in [-0.2, 0) is 0 Å². The average Bonchev–Trinajstić information content (AvgIpc) is 2.29. The maximum absolute atomic E-state index is 7.39. The van der Waals surface area contributed by atoms with Gasteiger partial charge in [-0.05, 0) is 31.5 Å². The number of rotatable bonds is 6. The molecule has 0 saturated heterocycles. The first-order valence-corrected chi connectivity index (χ1v) is 6.36. The Bertz CT molecular complexity index is 390. The number of nitrogen functional groups attached to an aromatic ring is 1. The number of nitrogens with one attached hydrogen (secondary N) is 1. The molecule has 0 bridgehead atoms. The second kappa shape index (κ2) is 6.50. The summed E-state index contributed by atoms with van der Waals surface area (Å²) in [5, 5.41) is 7.94. The van der Waals surface area contributed by atoms with E-state index in [0.717, 1.165) is 18.8 Å². The number of nitrogens with zero attached hydrogens (tertiary/aromatic N) is 1. The molecular formula is C13H20ClN3. The van der Waals surface area contributed by atoms with Gasteiger partial charge in [0.1, 0.15) is 5.84 Å². The predicted molar refractivity (Wildman–Crippen MR) is 75.3 cm³/mol. The summed E-state index contributed by atoms with van der Waals surface area (Å²) in [4.78, 5) is 2.28. The first-order chi connectivity index (χ1) is 8.10. The standard InChI is InChI=1S/C13H20ClN3/c1-3-5-8-17(4-2)10-6-7-11(13(15)16)12(14)9-10/h6-7,9H,3-5,8H2,1-2H3,(H3,15,16). The number of benzene rings is 1. The Morgan fingerprint density at radius 2 is 2.12 bits per heavy atom. The lowest BCUT2D eigenvalue weighted by atomic mass is 10.1. The quantitative estimate of drug-likeness (QED) is 0.604. The van der Waals surface area contributed by atoms with Crippen molar-refractivity contribution in [1.82, 2.24) is 0 Å². The van der Waals surface area contributed by atoms with E-state index in [4.69, 9.17) is 22.7 Å². The lowest BCUT2D eigenvalue weighted by Gasteiger charge is -2.23. The zero-order chi connectivity index (χ0) is 12.8. The Labute approximate surface area is 108 Å². The van der Waals surface area contributed by atoms with E-state index >= 15 is 0 Å². The smallest absolute Gasteiger partial charge is 0.124 e. The van der Waals surface area contributed by atoms with Crippen LogP contribution < -0.4 is 10.6 Å². The third-order valence-corrected chi connectivity index (χ3v) is 3.08. The molecule has 0 radical (unpaired) electrons. The molecule has 17 heavy (non-hydrogen) atoms. The van der Waals surface area contributed by atoms with Crippen molar-refractivity contribution in [2.75, 3.05) is 18.0 Å². The number of hydrogen-bond donors (Lipinski definition) is 2. The molecular weight excluding hydrogens is 234 g/mol. The van der Waals surface area contributed by atoms with Gasteiger partial charge >= 0.3 is 0 Å². The molecule has 0 spiro atoms. The normalized spacial score (nSPS) is 10.3. The number of hydrogen-bond acceptors (Lipinski definition) is 2. The van der Waals surface area contributed by atoms with Gasteiger partial charge in [-0.15, -0.1) is 0 Å². The molecule has 1 aromatic rings. The van der Waals surface area contributed by atoms with Crippen molar-refractivity contribution >= 4 is 23.1 Å². The summed E-state index contributed by atoms with van der Waals surface area (Å²) in [7, 11) is 0.